The number of nitrogens with zero attached hydrogens (tertiary/aromatic N) is 1. The molecule has 1 aliphatic rings. The van der Waals surface area contributed by atoms with Gasteiger partial charge < -0.3 is 10.6 Å². The van der Waals surface area contributed by atoms with Gasteiger partial charge in [-0.05, 0) is 37.5 Å². The standard InChI is InChI=1S/C22H25N3O/c1-17(21(26)25-20-12-6-5-9-18(20)15-23)24-16-22(13-7-8-14-22)19-10-3-2-4-11-19/h2-6,9-12,17,24H,7-8,13-14,16H2,1H3,(H,25,26). The Morgan fingerprint density at radius 1 is 1.12 bits per heavy atom. The molecule has 0 aromatic heterocycles. The Balaban J connectivity index is 1.65. The monoisotopic (exact) mass is 347 g/mol. The molecule has 0 aliphatic heterocycles. The third kappa shape index (κ3) is 3.95. The van der Waals surface area contributed by atoms with Crippen molar-refractivity contribution in [3.05, 3.63) is 65.7 Å². The molecule has 4 heteroatoms. The summed E-state index contributed by atoms with van der Waals surface area (Å²) in [7, 11) is 0. The number of hydrogen-bond acceptors (Lipinski definition) is 3. The van der Waals surface area contributed by atoms with Crippen LogP contribution in [0.3, 0.4) is 0 Å². The van der Waals surface area contributed by atoms with Gasteiger partial charge in [-0.25, -0.2) is 0 Å². The van der Waals surface area contributed by atoms with E-state index in [-0.39, 0.29) is 17.4 Å². The van der Waals surface area contributed by atoms with Gasteiger partial charge in [-0.1, -0.05) is 55.3 Å². The van der Waals surface area contributed by atoms with Gasteiger partial charge in [0, 0.05) is 12.0 Å². The minimum atomic E-state index is -0.331. The van der Waals surface area contributed by atoms with E-state index in [1.54, 1.807) is 18.2 Å². The fourth-order valence-electron chi connectivity index (χ4n) is 3.78. The zero-order valence-corrected chi connectivity index (χ0v) is 15.2. The van der Waals surface area contributed by atoms with Gasteiger partial charge in [-0.2, -0.15) is 5.26 Å². The van der Waals surface area contributed by atoms with Crippen LogP contribution in [0.15, 0.2) is 54.6 Å². The third-order valence-corrected chi connectivity index (χ3v) is 5.39. The quantitative estimate of drug-likeness (QED) is 0.830. The van der Waals surface area contributed by atoms with Gasteiger partial charge >= 0.3 is 0 Å². The molecule has 1 saturated carbocycles. The molecule has 1 amide bonds. The fraction of sp³-hybridized carbons (Fsp3) is 0.364. The summed E-state index contributed by atoms with van der Waals surface area (Å²) in [5.41, 5.74) is 2.50. The molecular formula is C22H25N3O. The van der Waals surface area contributed by atoms with Gasteiger partial charge in [-0.3, -0.25) is 4.79 Å². The summed E-state index contributed by atoms with van der Waals surface area (Å²) in [6.45, 7) is 2.66. The highest BCUT2D eigenvalue weighted by molar-refractivity contribution is 5.95. The molecule has 2 aromatic carbocycles. The van der Waals surface area contributed by atoms with E-state index in [1.165, 1.54) is 18.4 Å². The zero-order chi connectivity index (χ0) is 18.4. The van der Waals surface area contributed by atoms with E-state index in [4.69, 9.17) is 5.26 Å². The minimum absolute atomic E-state index is 0.111. The molecule has 2 aromatic rings. The lowest BCUT2D eigenvalue weighted by molar-refractivity contribution is -0.117. The molecule has 2 N–H and O–H groups in total. The molecule has 4 nitrogen and oxygen atoms in total. The summed E-state index contributed by atoms with van der Waals surface area (Å²) in [5, 5.41) is 15.5. The van der Waals surface area contributed by atoms with E-state index >= 15 is 0 Å². The summed E-state index contributed by atoms with van der Waals surface area (Å²) < 4.78 is 0. The van der Waals surface area contributed by atoms with Crippen LogP contribution < -0.4 is 10.6 Å². The van der Waals surface area contributed by atoms with Crippen molar-refractivity contribution in [3.63, 3.8) is 0 Å². The van der Waals surface area contributed by atoms with Crippen LogP contribution in [0.5, 0.6) is 0 Å². The second-order valence-corrected chi connectivity index (χ2v) is 7.10. The van der Waals surface area contributed by atoms with Gasteiger partial charge in [0.1, 0.15) is 6.07 Å². The van der Waals surface area contributed by atoms with E-state index in [9.17, 15) is 4.79 Å². The van der Waals surface area contributed by atoms with Crippen molar-refractivity contribution >= 4 is 11.6 Å². The molecule has 3 rings (SSSR count). The van der Waals surface area contributed by atoms with Crippen LogP contribution >= 0.6 is 0 Å². The number of hydrogen-bond donors (Lipinski definition) is 2. The summed E-state index contributed by atoms with van der Waals surface area (Å²) in [4.78, 5) is 12.5. The number of benzene rings is 2. The topological polar surface area (TPSA) is 64.9 Å². The zero-order valence-electron chi connectivity index (χ0n) is 15.2. The Hall–Kier alpha value is -2.64. The van der Waals surface area contributed by atoms with Gasteiger partial charge in [0.2, 0.25) is 5.91 Å². The normalized spacial score (nSPS) is 16.6. The predicted molar refractivity (Wildman–Crippen MR) is 104 cm³/mol. The Morgan fingerprint density at radius 3 is 2.46 bits per heavy atom. The fourth-order valence-corrected chi connectivity index (χ4v) is 3.78. The maximum absolute atomic E-state index is 12.5. The molecule has 1 fully saturated rings. The van der Waals surface area contributed by atoms with Crippen LogP contribution in [0.4, 0.5) is 5.69 Å². The van der Waals surface area contributed by atoms with E-state index in [0.29, 0.717) is 11.3 Å². The van der Waals surface area contributed by atoms with E-state index in [2.05, 4.69) is 41.0 Å². The van der Waals surface area contributed by atoms with Crippen LogP contribution in [0.2, 0.25) is 0 Å². The number of carbonyl (C=O) groups is 1. The SMILES string of the molecule is CC(NCC1(c2ccccc2)CCCC1)C(=O)Nc1ccccc1C#N. The summed E-state index contributed by atoms with van der Waals surface area (Å²) in [6, 6.07) is 19.5. The number of carbonyl (C=O) groups excluding carboxylic acids is 1. The average molecular weight is 347 g/mol. The number of anilines is 1. The highest BCUT2D eigenvalue weighted by atomic mass is 16.2. The minimum Gasteiger partial charge on any atom is -0.324 e. The summed E-state index contributed by atoms with van der Waals surface area (Å²) in [6.07, 6.45) is 4.75. The first-order valence-electron chi connectivity index (χ1n) is 9.23. The molecule has 0 saturated heterocycles. The summed E-state index contributed by atoms with van der Waals surface area (Å²) >= 11 is 0. The highest BCUT2D eigenvalue weighted by Crippen LogP contribution is 2.40. The molecule has 26 heavy (non-hydrogen) atoms. The maximum Gasteiger partial charge on any atom is 0.241 e. The van der Waals surface area contributed by atoms with E-state index in [1.807, 2.05) is 19.1 Å². The van der Waals surface area contributed by atoms with Crippen LogP contribution in [0.25, 0.3) is 0 Å². The first kappa shape index (κ1) is 18.2. The number of nitrogens with one attached hydrogen (secondary N) is 2. The van der Waals surface area contributed by atoms with Crippen molar-refractivity contribution in [1.29, 1.82) is 5.26 Å². The molecule has 1 aliphatic carbocycles. The second kappa shape index (κ2) is 8.16. The third-order valence-electron chi connectivity index (χ3n) is 5.39. The molecule has 1 atom stereocenters. The van der Waals surface area contributed by atoms with Crippen LogP contribution in [0, 0.1) is 11.3 Å². The van der Waals surface area contributed by atoms with Crippen molar-refractivity contribution < 1.29 is 4.79 Å². The van der Waals surface area contributed by atoms with Crippen molar-refractivity contribution in [3.8, 4) is 6.07 Å². The van der Waals surface area contributed by atoms with Crippen molar-refractivity contribution in [1.82, 2.24) is 5.32 Å². The van der Waals surface area contributed by atoms with Gasteiger partial charge in [-0.15, -0.1) is 0 Å². The first-order chi connectivity index (χ1) is 12.6. The van der Waals surface area contributed by atoms with Gasteiger partial charge in [0.15, 0.2) is 0 Å². The lowest BCUT2D eigenvalue weighted by Gasteiger charge is -2.31. The maximum atomic E-state index is 12.5. The van der Waals surface area contributed by atoms with Crippen LogP contribution in [-0.2, 0) is 10.2 Å². The van der Waals surface area contributed by atoms with E-state index in [0.717, 1.165) is 19.4 Å². The highest BCUT2D eigenvalue weighted by Gasteiger charge is 2.35. The largest absolute Gasteiger partial charge is 0.324 e. The second-order valence-electron chi connectivity index (χ2n) is 7.10. The Bertz CT molecular complexity index is 789. The van der Waals surface area contributed by atoms with Crippen molar-refractivity contribution in [2.75, 3.05) is 11.9 Å². The van der Waals surface area contributed by atoms with E-state index < -0.39 is 0 Å². The predicted octanol–water partition coefficient (Wildman–Crippen LogP) is 3.99. The molecule has 0 bridgehead atoms. The number of amides is 1. The van der Waals surface area contributed by atoms with Crippen molar-refractivity contribution in [2.45, 2.75) is 44.1 Å². The lowest BCUT2D eigenvalue weighted by Crippen LogP contribution is -2.45. The van der Waals surface area contributed by atoms with Crippen LogP contribution in [0.1, 0.15) is 43.7 Å². The van der Waals surface area contributed by atoms with Crippen LogP contribution in [-0.4, -0.2) is 18.5 Å². The molecule has 0 spiro atoms. The van der Waals surface area contributed by atoms with Gasteiger partial charge in [0.25, 0.3) is 0 Å². The number of nitriles is 1. The molecule has 134 valence electrons. The number of para-hydroxylation sites is 1. The average Bonchev–Trinajstić information content (AvgIpc) is 3.17. The molecule has 0 radical (unpaired) electrons. The molecule has 1 unspecified atom stereocenters. The number of rotatable bonds is 6. The molecular weight excluding hydrogens is 322 g/mol. The molecule has 0 heterocycles. The van der Waals surface area contributed by atoms with Gasteiger partial charge in [0.05, 0.1) is 17.3 Å². The Kier molecular flexibility index (Phi) is 5.70. The Labute approximate surface area is 155 Å². The first-order valence-corrected chi connectivity index (χ1v) is 9.23. The van der Waals surface area contributed by atoms with Crippen molar-refractivity contribution in [2.24, 2.45) is 0 Å². The smallest absolute Gasteiger partial charge is 0.241 e. The lowest BCUT2D eigenvalue weighted by atomic mass is 9.78. The Morgan fingerprint density at radius 2 is 1.77 bits per heavy atom. The summed E-state index contributed by atoms with van der Waals surface area (Å²) in [5.74, 6) is -0.117.